The van der Waals surface area contributed by atoms with Gasteiger partial charge < -0.3 is 9.47 Å². The smallest absolute Gasteiger partial charge is 0.305 e. The molecule has 0 bridgehead atoms. The topological polar surface area (TPSA) is 35.5 Å². The first-order valence-corrected chi connectivity index (χ1v) is 6.40. The molecule has 0 N–H and O–H groups in total. The van der Waals surface area contributed by atoms with Gasteiger partial charge in [-0.05, 0) is 19.8 Å². The van der Waals surface area contributed by atoms with E-state index in [1.54, 1.807) is 7.11 Å². The molecule has 0 saturated heterocycles. The lowest BCUT2D eigenvalue weighted by atomic mass is 10.0. The summed E-state index contributed by atoms with van der Waals surface area (Å²) in [5.74, 6) is -0.131. The SMILES string of the molecule is C=C(C)C[C@@H](C[C@H](CCC)OC(=O)CC)OC. The molecule has 0 saturated carbocycles. The van der Waals surface area contributed by atoms with Crippen LogP contribution in [0.15, 0.2) is 12.2 Å². The molecule has 0 aliphatic carbocycles. The molecule has 0 heterocycles. The van der Waals surface area contributed by atoms with E-state index in [1.807, 2.05) is 13.8 Å². The second-order valence-corrected chi connectivity index (χ2v) is 4.51. The second kappa shape index (κ2) is 9.23. The van der Waals surface area contributed by atoms with E-state index in [9.17, 15) is 4.79 Å². The number of esters is 1. The Hall–Kier alpha value is -0.830. The first-order valence-electron chi connectivity index (χ1n) is 6.40. The van der Waals surface area contributed by atoms with Crippen molar-refractivity contribution in [1.29, 1.82) is 0 Å². The third kappa shape index (κ3) is 7.97. The van der Waals surface area contributed by atoms with E-state index in [4.69, 9.17) is 9.47 Å². The summed E-state index contributed by atoms with van der Waals surface area (Å²) in [5.41, 5.74) is 1.09. The molecule has 0 aliphatic heterocycles. The van der Waals surface area contributed by atoms with Gasteiger partial charge in [-0.1, -0.05) is 25.8 Å². The van der Waals surface area contributed by atoms with Crippen LogP contribution in [0.25, 0.3) is 0 Å². The third-order valence-electron chi connectivity index (χ3n) is 2.63. The van der Waals surface area contributed by atoms with Crippen LogP contribution in [0.4, 0.5) is 0 Å². The van der Waals surface area contributed by atoms with E-state index in [0.29, 0.717) is 6.42 Å². The van der Waals surface area contributed by atoms with Crippen LogP contribution in [0.5, 0.6) is 0 Å². The molecule has 0 unspecified atom stereocenters. The molecule has 0 radical (unpaired) electrons. The van der Waals surface area contributed by atoms with Crippen molar-refractivity contribution in [3.05, 3.63) is 12.2 Å². The number of methoxy groups -OCH3 is 1. The zero-order valence-corrected chi connectivity index (χ0v) is 11.6. The van der Waals surface area contributed by atoms with Gasteiger partial charge >= 0.3 is 5.97 Å². The fourth-order valence-corrected chi connectivity index (χ4v) is 1.76. The lowest BCUT2D eigenvalue weighted by Crippen LogP contribution is -2.25. The predicted molar refractivity (Wildman–Crippen MR) is 69.9 cm³/mol. The summed E-state index contributed by atoms with van der Waals surface area (Å²) in [5, 5.41) is 0. The Balaban J connectivity index is 4.28. The van der Waals surface area contributed by atoms with Gasteiger partial charge in [0.2, 0.25) is 0 Å². The van der Waals surface area contributed by atoms with Gasteiger partial charge in [-0.25, -0.2) is 0 Å². The Bertz CT molecular complexity index is 236. The molecule has 0 fully saturated rings. The molecule has 100 valence electrons. The van der Waals surface area contributed by atoms with Crippen molar-refractivity contribution in [3.63, 3.8) is 0 Å². The van der Waals surface area contributed by atoms with Crippen LogP contribution in [0.3, 0.4) is 0 Å². The largest absolute Gasteiger partial charge is 0.462 e. The number of ether oxygens (including phenoxy) is 2. The van der Waals surface area contributed by atoms with Crippen molar-refractivity contribution >= 4 is 5.97 Å². The number of rotatable bonds is 9. The van der Waals surface area contributed by atoms with Gasteiger partial charge in [0.05, 0.1) is 6.10 Å². The highest BCUT2D eigenvalue weighted by Crippen LogP contribution is 2.17. The number of carbonyl (C=O) groups is 1. The Morgan fingerprint density at radius 1 is 1.29 bits per heavy atom. The highest BCUT2D eigenvalue weighted by molar-refractivity contribution is 5.69. The van der Waals surface area contributed by atoms with Crippen molar-refractivity contribution in [2.24, 2.45) is 0 Å². The Labute approximate surface area is 105 Å². The zero-order chi connectivity index (χ0) is 13.3. The molecule has 0 aromatic rings. The van der Waals surface area contributed by atoms with Crippen molar-refractivity contribution in [3.8, 4) is 0 Å². The van der Waals surface area contributed by atoms with Crippen molar-refractivity contribution in [1.82, 2.24) is 0 Å². The summed E-state index contributed by atoms with van der Waals surface area (Å²) in [7, 11) is 1.69. The average Bonchev–Trinajstić information content (AvgIpc) is 2.27. The predicted octanol–water partition coefficient (Wildman–Crippen LogP) is 3.48. The fraction of sp³-hybridized carbons (Fsp3) is 0.786. The van der Waals surface area contributed by atoms with Crippen molar-refractivity contribution in [2.45, 2.75) is 65.1 Å². The molecule has 3 nitrogen and oxygen atoms in total. The van der Waals surface area contributed by atoms with Crippen molar-refractivity contribution < 1.29 is 14.3 Å². The van der Waals surface area contributed by atoms with Gasteiger partial charge in [-0.3, -0.25) is 4.79 Å². The molecule has 0 spiro atoms. The van der Waals surface area contributed by atoms with E-state index >= 15 is 0 Å². The summed E-state index contributed by atoms with van der Waals surface area (Å²) in [6.07, 6.45) is 3.96. The minimum atomic E-state index is -0.131. The highest BCUT2D eigenvalue weighted by Gasteiger charge is 2.18. The highest BCUT2D eigenvalue weighted by atomic mass is 16.5. The summed E-state index contributed by atoms with van der Waals surface area (Å²) in [4.78, 5) is 11.3. The minimum Gasteiger partial charge on any atom is -0.462 e. The van der Waals surface area contributed by atoms with Crippen LogP contribution >= 0.6 is 0 Å². The van der Waals surface area contributed by atoms with Crippen LogP contribution in [0, 0.1) is 0 Å². The quantitative estimate of drug-likeness (QED) is 0.458. The monoisotopic (exact) mass is 242 g/mol. The van der Waals surface area contributed by atoms with Crippen LogP contribution in [0.2, 0.25) is 0 Å². The molecule has 3 heteroatoms. The van der Waals surface area contributed by atoms with Gasteiger partial charge in [-0.2, -0.15) is 0 Å². The molecule has 0 rings (SSSR count). The average molecular weight is 242 g/mol. The number of carbonyl (C=O) groups excluding carboxylic acids is 1. The van der Waals surface area contributed by atoms with E-state index < -0.39 is 0 Å². The molecule has 17 heavy (non-hydrogen) atoms. The summed E-state index contributed by atoms with van der Waals surface area (Å²) in [6.45, 7) is 9.77. The Morgan fingerprint density at radius 2 is 1.94 bits per heavy atom. The Morgan fingerprint density at radius 3 is 2.35 bits per heavy atom. The molecule has 0 aromatic carbocycles. The van der Waals surface area contributed by atoms with Crippen LogP contribution in [-0.4, -0.2) is 25.3 Å². The van der Waals surface area contributed by atoms with E-state index in [1.165, 1.54) is 0 Å². The first kappa shape index (κ1) is 16.2. The second-order valence-electron chi connectivity index (χ2n) is 4.51. The normalized spacial score (nSPS) is 14.1. The summed E-state index contributed by atoms with van der Waals surface area (Å²) < 4.78 is 10.8. The van der Waals surface area contributed by atoms with Crippen LogP contribution < -0.4 is 0 Å². The standard InChI is InChI=1S/C14H26O3/c1-6-8-12(17-14(15)7-2)10-13(16-5)9-11(3)4/h12-13H,3,6-10H2,1-2,4-5H3/t12-,13-/m0/s1. The van der Waals surface area contributed by atoms with Gasteiger partial charge in [0, 0.05) is 20.0 Å². The maximum absolute atomic E-state index is 11.3. The Kier molecular flexibility index (Phi) is 8.78. The lowest BCUT2D eigenvalue weighted by molar-refractivity contribution is -0.150. The van der Waals surface area contributed by atoms with E-state index in [2.05, 4.69) is 13.5 Å². The number of hydrogen-bond donors (Lipinski definition) is 0. The third-order valence-corrected chi connectivity index (χ3v) is 2.63. The maximum Gasteiger partial charge on any atom is 0.305 e. The molecule has 0 aliphatic rings. The zero-order valence-electron chi connectivity index (χ0n) is 11.6. The molecule has 2 atom stereocenters. The summed E-state index contributed by atoms with van der Waals surface area (Å²) in [6, 6.07) is 0. The van der Waals surface area contributed by atoms with E-state index in [0.717, 1.165) is 31.3 Å². The number of hydrogen-bond acceptors (Lipinski definition) is 3. The van der Waals surface area contributed by atoms with Gasteiger partial charge in [0.25, 0.3) is 0 Å². The summed E-state index contributed by atoms with van der Waals surface area (Å²) >= 11 is 0. The minimum absolute atomic E-state index is 0.0308. The lowest BCUT2D eigenvalue weighted by Gasteiger charge is -2.22. The van der Waals surface area contributed by atoms with Gasteiger partial charge in [0.1, 0.15) is 6.10 Å². The van der Waals surface area contributed by atoms with Gasteiger partial charge in [-0.15, -0.1) is 6.58 Å². The molecular weight excluding hydrogens is 216 g/mol. The maximum atomic E-state index is 11.3. The molecular formula is C14H26O3. The van der Waals surface area contributed by atoms with Crippen LogP contribution in [0.1, 0.15) is 52.9 Å². The van der Waals surface area contributed by atoms with E-state index in [-0.39, 0.29) is 18.2 Å². The molecule has 0 amide bonds. The first-order chi connectivity index (χ1) is 8.03. The van der Waals surface area contributed by atoms with Gasteiger partial charge in [0.15, 0.2) is 0 Å². The molecule has 0 aromatic heterocycles. The van der Waals surface area contributed by atoms with Crippen LogP contribution in [-0.2, 0) is 14.3 Å². The fourth-order valence-electron chi connectivity index (χ4n) is 1.76. The van der Waals surface area contributed by atoms with Crippen molar-refractivity contribution in [2.75, 3.05) is 7.11 Å².